The van der Waals surface area contributed by atoms with Gasteiger partial charge in [0, 0.05) is 6.54 Å². The standard InChI is InChI=1S/C42H79N2O7P/c1-3-5-7-9-11-13-15-17-19-21-23-25-27-29-31-33-39(45)37-42(47)44-40(38-51-52(48,49)50-36-35-43)41(46)34-32-30-28-26-24-22-20-18-16-14-12-10-8-6-4-2/h16-19,24,26,32,34,39-41,45-46H,3-15,20-23,25,27-31,33,35-38,43H2,1-2H3,(H,44,47)(H,48,49)/b18-16+,19-17-,26-24+,34-32+. The van der Waals surface area contributed by atoms with Gasteiger partial charge in [0.2, 0.25) is 5.91 Å². The Labute approximate surface area is 318 Å². The molecule has 4 atom stereocenters. The molecule has 304 valence electrons. The van der Waals surface area contributed by atoms with Gasteiger partial charge in [0.25, 0.3) is 0 Å². The SMILES string of the molecule is CCCCCCC/C=C/CC/C=C/CC/C=C/C(O)C(COP(=O)(O)OCCN)NC(=O)CC(O)CCCCCCC/C=C\CCCCCCCC. The van der Waals surface area contributed by atoms with Gasteiger partial charge in [-0.25, -0.2) is 4.57 Å². The molecule has 0 aromatic rings. The van der Waals surface area contributed by atoms with E-state index < -0.39 is 38.6 Å². The van der Waals surface area contributed by atoms with Crippen LogP contribution in [0.15, 0.2) is 48.6 Å². The highest BCUT2D eigenvalue weighted by Gasteiger charge is 2.27. The van der Waals surface area contributed by atoms with Crippen molar-refractivity contribution in [3.63, 3.8) is 0 Å². The van der Waals surface area contributed by atoms with E-state index in [1.807, 2.05) is 6.08 Å². The third-order valence-corrected chi connectivity index (χ3v) is 9.89. The molecule has 0 aromatic carbocycles. The molecule has 0 spiro atoms. The largest absolute Gasteiger partial charge is 0.472 e. The van der Waals surface area contributed by atoms with Gasteiger partial charge in [0.1, 0.15) is 0 Å². The first-order valence-corrected chi connectivity index (χ1v) is 22.3. The highest BCUT2D eigenvalue weighted by Crippen LogP contribution is 2.43. The Morgan fingerprint density at radius 3 is 1.60 bits per heavy atom. The summed E-state index contributed by atoms with van der Waals surface area (Å²) in [5.74, 6) is -0.467. The monoisotopic (exact) mass is 755 g/mol. The lowest BCUT2D eigenvalue weighted by Crippen LogP contribution is -2.46. The van der Waals surface area contributed by atoms with Crippen LogP contribution in [0.25, 0.3) is 0 Å². The fraction of sp³-hybridized carbons (Fsp3) is 0.786. The first-order valence-electron chi connectivity index (χ1n) is 20.8. The third kappa shape index (κ3) is 35.4. The summed E-state index contributed by atoms with van der Waals surface area (Å²) in [6.45, 7) is 3.90. The first-order chi connectivity index (χ1) is 25.3. The van der Waals surface area contributed by atoms with E-state index in [2.05, 4.69) is 55.6 Å². The summed E-state index contributed by atoms with van der Waals surface area (Å²) in [7, 11) is -4.41. The molecule has 4 unspecified atom stereocenters. The van der Waals surface area contributed by atoms with Crippen LogP contribution < -0.4 is 11.1 Å². The summed E-state index contributed by atoms with van der Waals surface area (Å²) in [6.07, 6.45) is 41.9. The van der Waals surface area contributed by atoms with Gasteiger partial charge in [-0.3, -0.25) is 13.8 Å². The van der Waals surface area contributed by atoms with E-state index in [0.29, 0.717) is 12.8 Å². The second kappa shape index (κ2) is 37.7. The lowest BCUT2D eigenvalue weighted by atomic mass is 10.0. The van der Waals surface area contributed by atoms with Gasteiger partial charge in [-0.2, -0.15) is 0 Å². The smallest absolute Gasteiger partial charge is 0.393 e. The molecule has 0 aromatic heterocycles. The average Bonchev–Trinajstić information content (AvgIpc) is 3.12. The van der Waals surface area contributed by atoms with Crippen LogP contribution in [-0.2, 0) is 18.4 Å². The second-order valence-electron chi connectivity index (χ2n) is 14.0. The second-order valence-corrected chi connectivity index (χ2v) is 15.5. The molecule has 0 heterocycles. The number of hydrogen-bond acceptors (Lipinski definition) is 7. The van der Waals surface area contributed by atoms with Crippen LogP contribution in [0.1, 0.15) is 174 Å². The summed E-state index contributed by atoms with van der Waals surface area (Å²) in [6, 6.07) is -1.01. The predicted octanol–water partition coefficient (Wildman–Crippen LogP) is 10.3. The van der Waals surface area contributed by atoms with Crippen LogP contribution in [0.2, 0.25) is 0 Å². The number of phosphoric acid groups is 1. The van der Waals surface area contributed by atoms with Crippen LogP contribution in [0.3, 0.4) is 0 Å². The Bertz CT molecular complexity index is 972. The zero-order chi connectivity index (χ0) is 38.4. The number of rotatable bonds is 38. The molecule has 52 heavy (non-hydrogen) atoms. The summed E-state index contributed by atoms with van der Waals surface area (Å²) < 4.78 is 22.0. The number of allylic oxidation sites excluding steroid dienone is 7. The number of unbranched alkanes of at least 4 members (excludes halogenated alkanes) is 18. The topological polar surface area (TPSA) is 151 Å². The van der Waals surface area contributed by atoms with Gasteiger partial charge in [-0.1, -0.05) is 146 Å². The van der Waals surface area contributed by atoms with Gasteiger partial charge >= 0.3 is 7.82 Å². The Morgan fingerprint density at radius 1 is 0.654 bits per heavy atom. The third-order valence-electron chi connectivity index (χ3n) is 8.91. The number of aliphatic hydroxyl groups is 2. The molecule has 0 aliphatic heterocycles. The predicted molar refractivity (Wildman–Crippen MR) is 218 cm³/mol. The molecule has 6 N–H and O–H groups in total. The molecule has 10 heteroatoms. The van der Waals surface area contributed by atoms with Gasteiger partial charge in [0.15, 0.2) is 0 Å². The molecule has 0 aliphatic rings. The molecule has 0 radical (unpaired) electrons. The molecule has 0 rings (SSSR count). The van der Waals surface area contributed by atoms with Gasteiger partial charge < -0.3 is 26.2 Å². The van der Waals surface area contributed by atoms with Gasteiger partial charge in [-0.05, 0) is 70.6 Å². The van der Waals surface area contributed by atoms with E-state index in [9.17, 15) is 24.5 Å². The molecule has 9 nitrogen and oxygen atoms in total. The Kier molecular flexibility index (Phi) is 36.6. The minimum atomic E-state index is -4.41. The Balaban J connectivity index is 4.46. The number of nitrogens with one attached hydrogen (secondary N) is 1. The fourth-order valence-corrected chi connectivity index (χ4v) is 6.49. The van der Waals surface area contributed by atoms with Crippen molar-refractivity contribution in [2.45, 2.75) is 193 Å². The van der Waals surface area contributed by atoms with E-state index in [4.69, 9.17) is 14.8 Å². The molecular weight excluding hydrogens is 675 g/mol. The van der Waals surface area contributed by atoms with E-state index >= 15 is 0 Å². The molecule has 0 saturated heterocycles. The first kappa shape index (κ1) is 50.4. The van der Waals surface area contributed by atoms with Crippen molar-refractivity contribution in [1.82, 2.24) is 5.32 Å². The zero-order valence-electron chi connectivity index (χ0n) is 33.1. The number of carbonyl (C=O) groups is 1. The van der Waals surface area contributed by atoms with Crippen LogP contribution in [0, 0.1) is 0 Å². The van der Waals surface area contributed by atoms with Gasteiger partial charge in [-0.15, -0.1) is 0 Å². The maximum atomic E-state index is 12.8. The molecule has 0 saturated carbocycles. The minimum Gasteiger partial charge on any atom is -0.393 e. The van der Waals surface area contributed by atoms with Crippen molar-refractivity contribution in [1.29, 1.82) is 0 Å². The number of aliphatic hydroxyl groups excluding tert-OH is 2. The van der Waals surface area contributed by atoms with Crippen LogP contribution >= 0.6 is 7.82 Å². The molecule has 0 fully saturated rings. The minimum absolute atomic E-state index is 0.0400. The van der Waals surface area contributed by atoms with Gasteiger partial charge in [0.05, 0.1) is 37.9 Å². The number of carbonyl (C=O) groups excluding carboxylic acids is 1. The van der Waals surface area contributed by atoms with Crippen LogP contribution in [0.5, 0.6) is 0 Å². The van der Waals surface area contributed by atoms with Crippen molar-refractivity contribution in [2.75, 3.05) is 19.8 Å². The maximum absolute atomic E-state index is 12.8. The normalized spacial score (nSPS) is 15.3. The lowest BCUT2D eigenvalue weighted by molar-refractivity contribution is -0.124. The van der Waals surface area contributed by atoms with Crippen molar-refractivity contribution in [3.05, 3.63) is 48.6 Å². The van der Waals surface area contributed by atoms with Crippen molar-refractivity contribution < 1.29 is 33.5 Å². The van der Waals surface area contributed by atoms with E-state index in [1.165, 1.54) is 83.5 Å². The number of hydrogen-bond donors (Lipinski definition) is 5. The highest BCUT2D eigenvalue weighted by molar-refractivity contribution is 7.47. The summed E-state index contributed by atoms with van der Waals surface area (Å²) >= 11 is 0. The Hall–Kier alpha value is -1.58. The Morgan fingerprint density at radius 2 is 1.10 bits per heavy atom. The zero-order valence-corrected chi connectivity index (χ0v) is 34.0. The number of phosphoric ester groups is 1. The van der Waals surface area contributed by atoms with Crippen molar-refractivity contribution in [2.24, 2.45) is 5.73 Å². The fourth-order valence-electron chi connectivity index (χ4n) is 5.73. The summed E-state index contributed by atoms with van der Waals surface area (Å²) in [5, 5.41) is 24.0. The average molecular weight is 755 g/mol. The summed E-state index contributed by atoms with van der Waals surface area (Å²) in [4.78, 5) is 22.7. The van der Waals surface area contributed by atoms with Crippen LogP contribution in [-0.4, -0.2) is 59.0 Å². The molecule has 0 bridgehead atoms. The van der Waals surface area contributed by atoms with E-state index in [1.54, 1.807) is 6.08 Å². The van der Waals surface area contributed by atoms with Crippen molar-refractivity contribution >= 4 is 13.7 Å². The highest BCUT2D eigenvalue weighted by atomic mass is 31.2. The maximum Gasteiger partial charge on any atom is 0.472 e. The number of amides is 1. The molecule has 1 amide bonds. The molecule has 0 aliphatic carbocycles. The molecular formula is C42H79N2O7P. The quantitative estimate of drug-likeness (QED) is 0.0237. The number of nitrogens with two attached hydrogens (primary N) is 1. The van der Waals surface area contributed by atoms with Crippen molar-refractivity contribution in [3.8, 4) is 0 Å². The lowest BCUT2D eigenvalue weighted by Gasteiger charge is -2.24. The van der Waals surface area contributed by atoms with E-state index in [-0.39, 0.29) is 19.6 Å². The van der Waals surface area contributed by atoms with Crippen LogP contribution in [0.4, 0.5) is 0 Å². The summed E-state index contributed by atoms with van der Waals surface area (Å²) in [5.41, 5.74) is 5.35. The van der Waals surface area contributed by atoms with E-state index in [0.717, 1.165) is 57.8 Å².